The van der Waals surface area contributed by atoms with Crippen LogP contribution in [-0.4, -0.2) is 45.3 Å². The Morgan fingerprint density at radius 2 is 1.50 bits per heavy atom. The molecule has 0 fully saturated rings. The minimum Gasteiger partial charge on any atom is -0.342 e. The Bertz CT molecular complexity index is 1140. The minimum atomic E-state index is -4.92. The van der Waals surface area contributed by atoms with E-state index in [0.29, 0.717) is 18.1 Å². The van der Waals surface area contributed by atoms with E-state index in [1.165, 1.54) is 36.4 Å². The number of amides is 1. The Morgan fingerprint density at radius 1 is 1.00 bits per heavy atom. The Morgan fingerprint density at radius 3 is 1.91 bits per heavy atom. The summed E-state index contributed by atoms with van der Waals surface area (Å²) in [5.41, 5.74) is 0.726. The van der Waals surface area contributed by atoms with Gasteiger partial charge in [-0.2, -0.15) is 18.4 Å². The van der Waals surface area contributed by atoms with Gasteiger partial charge in [0.2, 0.25) is 11.8 Å². The fraction of sp³-hybridized carbons (Fsp3) is 0.364. The summed E-state index contributed by atoms with van der Waals surface area (Å²) in [6.45, 7) is -0.0680. The number of hydrogen-bond acceptors (Lipinski definition) is 5. The normalized spacial score (nSPS) is 14.2. The topological polar surface area (TPSA) is 99.1 Å². The van der Waals surface area contributed by atoms with E-state index in [1.807, 2.05) is 10.6 Å². The van der Waals surface area contributed by atoms with Crippen LogP contribution >= 0.6 is 0 Å². The highest BCUT2D eigenvalue weighted by Crippen LogP contribution is 2.35. The summed E-state index contributed by atoms with van der Waals surface area (Å²) in [6, 6.07) is 7.97. The molecule has 0 aromatic heterocycles. The number of halogens is 5. The van der Waals surface area contributed by atoms with Crippen molar-refractivity contribution < 1.29 is 35.2 Å². The number of carbonyl (C=O) groups is 1. The number of benzene rings is 2. The summed E-state index contributed by atoms with van der Waals surface area (Å²) in [5, 5.41) is 12.5. The van der Waals surface area contributed by atoms with E-state index in [1.54, 1.807) is 6.07 Å². The van der Waals surface area contributed by atoms with Gasteiger partial charge < -0.3 is 5.32 Å². The van der Waals surface area contributed by atoms with Crippen LogP contribution in [0.1, 0.15) is 24.9 Å². The first-order chi connectivity index (χ1) is 15.6. The highest BCUT2D eigenvalue weighted by atomic mass is 32.2. The fourth-order valence-corrected chi connectivity index (χ4v) is 3.81. The molecule has 0 saturated heterocycles. The van der Waals surface area contributed by atoms with Crippen LogP contribution in [-0.2, 0) is 14.6 Å². The van der Waals surface area contributed by atoms with E-state index in [0.717, 1.165) is 18.4 Å². The van der Waals surface area contributed by atoms with E-state index in [-0.39, 0.29) is 10.5 Å². The molecule has 0 spiro atoms. The molecule has 6 nitrogen and oxygen atoms in total. The fourth-order valence-electron chi connectivity index (χ4n) is 3.18. The zero-order chi connectivity index (χ0) is 25.7. The highest BCUT2D eigenvalue weighted by Gasteiger charge is 2.44. The lowest BCUT2D eigenvalue weighted by Crippen LogP contribution is -2.50. The van der Waals surface area contributed by atoms with Crippen LogP contribution in [0.2, 0.25) is 0 Å². The molecule has 2 aromatic carbocycles. The van der Waals surface area contributed by atoms with Crippen molar-refractivity contribution in [1.82, 2.24) is 10.6 Å². The maximum Gasteiger partial charge on any atom is 0.407 e. The molecule has 1 amide bonds. The third kappa shape index (κ3) is 7.78. The molecule has 0 unspecified atom stereocenters. The number of rotatable bonds is 9. The second kappa shape index (κ2) is 10.5. The van der Waals surface area contributed by atoms with Gasteiger partial charge in [-0.05, 0) is 35.7 Å². The second-order valence-electron chi connectivity index (χ2n) is 7.76. The summed E-state index contributed by atoms with van der Waals surface area (Å²) in [4.78, 5) is 12.2. The highest BCUT2D eigenvalue weighted by molar-refractivity contribution is 7.90. The number of hydrogen-bond donors (Lipinski definition) is 2. The van der Waals surface area contributed by atoms with Crippen molar-refractivity contribution in [2.45, 2.75) is 42.4 Å². The molecule has 0 aliphatic carbocycles. The molecular weight excluding hydrogens is 481 g/mol. The van der Waals surface area contributed by atoms with Gasteiger partial charge in [0.25, 0.3) is 0 Å². The van der Waals surface area contributed by atoms with Gasteiger partial charge in [-0.15, -0.1) is 0 Å². The lowest BCUT2D eigenvalue weighted by atomic mass is 9.99. The van der Waals surface area contributed by atoms with Crippen LogP contribution < -0.4 is 10.6 Å². The monoisotopic (exact) mass is 503 g/mol. The van der Waals surface area contributed by atoms with Crippen molar-refractivity contribution in [3.8, 4) is 17.2 Å². The van der Waals surface area contributed by atoms with Crippen molar-refractivity contribution in [1.29, 1.82) is 5.26 Å². The summed E-state index contributed by atoms with van der Waals surface area (Å²) >= 11 is 0. The van der Waals surface area contributed by atoms with E-state index in [2.05, 4.69) is 0 Å². The molecule has 184 valence electrons. The molecule has 0 aliphatic heterocycles. The van der Waals surface area contributed by atoms with E-state index in [9.17, 15) is 35.2 Å². The molecule has 2 N–H and O–H groups in total. The third-order valence-corrected chi connectivity index (χ3v) is 5.90. The first kappa shape index (κ1) is 27.2. The Hall–Kier alpha value is -3.04. The van der Waals surface area contributed by atoms with E-state index < -0.39 is 52.9 Å². The van der Waals surface area contributed by atoms with Gasteiger partial charge >= 0.3 is 6.18 Å². The number of nitriles is 1. The molecule has 2 aromatic rings. The molecule has 34 heavy (non-hydrogen) atoms. The number of alkyl halides is 5. The number of carbonyl (C=O) groups excluding carboxylic acids is 1. The van der Waals surface area contributed by atoms with Gasteiger partial charge in [-0.3, -0.25) is 10.1 Å². The van der Waals surface area contributed by atoms with E-state index in [4.69, 9.17) is 5.26 Å². The van der Waals surface area contributed by atoms with Crippen LogP contribution in [0.4, 0.5) is 22.0 Å². The van der Waals surface area contributed by atoms with Crippen molar-refractivity contribution in [2.24, 2.45) is 0 Å². The van der Waals surface area contributed by atoms with Crippen LogP contribution in [0.15, 0.2) is 53.4 Å². The van der Waals surface area contributed by atoms with Gasteiger partial charge in [-0.25, -0.2) is 17.2 Å². The third-order valence-electron chi connectivity index (χ3n) is 4.78. The average Bonchev–Trinajstić information content (AvgIpc) is 2.73. The number of sulfone groups is 1. The molecular formula is C22H22F5N3O3S. The first-order valence-electron chi connectivity index (χ1n) is 9.87. The first-order valence-corrected chi connectivity index (χ1v) is 11.8. The van der Waals surface area contributed by atoms with Crippen LogP contribution in [0.3, 0.4) is 0 Å². The molecule has 2 atom stereocenters. The van der Waals surface area contributed by atoms with E-state index >= 15 is 0 Å². The second-order valence-corrected chi connectivity index (χ2v) is 9.78. The average molecular weight is 503 g/mol. The van der Waals surface area contributed by atoms with Gasteiger partial charge in [-0.1, -0.05) is 36.4 Å². The predicted octanol–water partition coefficient (Wildman–Crippen LogP) is 4.00. The van der Waals surface area contributed by atoms with Crippen molar-refractivity contribution in [2.75, 3.05) is 12.8 Å². The Balaban J connectivity index is 2.33. The molecule has 0 aliphatic rings. The largest absolute Gasteiger partial charge is 0.407 e. The van der Waals surface area contributed by atoms with Crippen molar-refractivity contribution >= 4 is 15.7 Å². The van der Waals surface area contributed by atoms with Gasteiger partial charge in [0.1, 0.15) is 12.6 Å². The van der Waals surface area contributed by atoms with Gasteiger partial charge in [0.15, 0.2) is 9.84 Å². The predicted molar refractivity (Wildman–Crippen MR) is 115 cm³/mol. The molecule has 0 heterocycles. The minimum absolute atomic E-state index is 0.0858. The number of nitrogens with one attached hydrogen (secondary N) is 2. The number of nitrogens with zero attached hydrogens (tertiary/aromatic N) is 1. The summed E-state index contributed by atoms with van der Waals surface area (Å²) in [5.74, 6) is -4.60. The molecule has 0 bridgehead atoms. The maximum absolute atomic E-state index is 13.8. The molecule has 0 radical (unpaired) electrons. The molecule has 2 rings (SSSR count). The zero-order valence-corrected chi connectivity index (χ0v) is 19.0. The smallest absolute Gasteiger partial charge is 0.342 e. The Kier molecular flexibility index (Phi) is 8.39. The van der Waals surface area contributed by atoms with Crippen LogP contribution in [0.25, 0.3) is 11.1 Å². The van der Waals surface area contributed by atoms with Crippen LogP contribution in [0, 0.1) is 11.3 Å². The van der Waals surface area contributed by atoms with Crippen LogP contribution in [0.5, 0.6) is 0 Å². The van der Waals surface area contributed by atoms with Crippen molar-refractivity contribution in [3.63, 3.8) is 0 Å². The quantitative estimate of drug-likeness (QED) is 0.398. The lowest BCUT2D eigenvalue weighted by Gasteiger charge is -2.28. The SMILES string of the molecule is CC(F)(F)C[C@H](N[C@@H](c1ccc(-c2ccc(S(C)(=O)=O)cc2)cc1)C(F)(F)F)C(=O)NCC#N. The maximum atomic E-state index is 13.8. The molecule has 12 heteroatoms. The summed E-state index contributed by atoms with van der Waals surface area (Å²) in [6.07, 6.45) is -5.08. The standard InChI is InChI=1S/C22H22F5N3O3S/c1-21(23,24)13-18(20(31)29-12-11-28)30-19(22(25,26)27)16-5-3-14(4-6-16)15-7-9-17(10-8-15)34(2,32)33/h3-10,18-19,30H,12-13H2,1-2H3,(H,29,31)/t18-,19-/m0/s1. The van der Waals surface area contributed by atoms with Crippen molar-refractivity contribution in [3.05, 3.63) is 54.1 Å². The van der Waals surface area contributed by atoms with Gasteiger partial charge in [0, 0.05) is 12.7 Å². The summed E-state index contributed by atoms with van der Waals surface area (Å²) in [7, 11) is -3.41. The summed E-state index contributed by atoms with van der Waals surface area (Å²) < 4.78 is 91.6. The zero-order valence-electron chi connectivity index (χ0n) is 18.2. The van der Waals surface area contributed by atoms with Gasteiger partial charge in [0.05, 0.1) is 17.0 Å². The Labute approximate surface area is 193 Å². The lowest BCUT2D eigenvalue weighted by molar-refractivity contribution is -0.162. The molecule has 0 saturated carbocycles.